The van der Waals surface area contributed by atoms with E-state index in [4.69, 9.17) is 4.74 Å². The summed E-state index contributed by atoms with van der Waals surface area (Å²) in [5.41, 5.74) is 3.69. The zero-order chi connectivity index (χ0) is 12.8. The van der Waals surface area contributed by atoms with Crippen molar-refractivity contribution in [3.05, 3.63) is 59.7 Å². The molecule has 18 heavy (non-hydrogen) atoms. The highest BCUT2D eigenvalue weighted by Crippen LogP contribution is 2.16. The Kier molecular flexibility index (Phi) is 4.24. The summed E-state index contributed by atoms with van der Waals surface area (Å²) in [4.78, 5) is 0. The lowest BCUT2D eigenvalue weighted by atomic mass is 10.1. The van der Waals surface area contributed by atoms with Crippen LogP contribution in [0.3, 0.4) is 0 Å². The molecule has 0 aliphatic rings. The molecule has 0 aliphatic heterocycles. The van der Waals surface area contributed by atoms with E-state index in [1.807, 2.05) is 24.3 Å². The fourth-order valence-corrected chi connectivity index (χ4v) is 1.72. The summed E-state index contributed by atoms with van der Waals surface area (Å²) >= 11 is 0. The highest BCUT2D eigenvalue weighted by molar-refractivity contribution is 5.42. The Bertz CT molecular complexity index is 494. The van der Waals surface area contributed by atoms with E-state index in [-0.39, 0.29) is 0 Å². The van der Waals surface area contributed by atoms with Crippen molar-refractivity contribution in [3.63, 3.8) is 0 Å². The average Bonchev–Trinajstić information content (AvgIpc) is 2.40. The Balaban J connectivity index is 1.77. The molecule has 0 fully saturated rings. The molecule has 94 valence electrons. The van der Waals surface area contributed by atoms with Crippen LogP contribution in [-0.2, 0) is 0 Å². The molecule has 2 rings (SSSR count). The Morgan fingerprint density at radius 1 is 0.944 bits per heavy atom. The number of anilines is 1. The topological polar surface area (TPSA) is 21.3 Å². The number of nitrogens with one attached hydrogen (secondary N) is 1. The first-order valence-electron chi connectivity index (χ1n) is 6.25. The number of benzene rings is 2. The zero-order valence-corrected chi connectivity index (χ0v) is 10.9. The third-order valence-corrected chi connectivity index (χ3v) is 2.95. The van der Waals surface area contributed by atoms with Gasteiger partial charge in [-0.2, -0.15) is 0 Å². The lowest BCUT2D eigenvalue weighted by molar-refractivity contribution is 0.332. The van der Waals surface area contributed by atoms with E-state index in [9.17, 15) is 0 Å². The molecule has 0 aromatic heterocycles. The molecule has 0 atom stereocenters. The van der Waals surface area contributed by atoms with Gasteiger partial charge < -0.3 is 10.1 Å². The second kappa shape index (κ2) is 6.10. The Morgan fingerprint density at radius 3 is 2.44 bits per heavy atom. The minimum Gasteiger partial charge on any atom is -0.492 e. The van der Waals surface area contributed by atoms with Crippen LogP contribution in [-0.4, -0.2) is 13.2 Å². The Morgan fingerprint density at radius 2 is 1.72 bits per heavy atom. The molecular weight excluding hydrogens is 222 g/mol. The highest BCUT2D eigenvalue weighted by Gasteiger charge is 1.97. The molecule has 0 aliphatic carbocycles. The van der Waals surface area contributed by atoms with Crippen molar-refractivity contribution in [3.8, 4) is 5.75 Å². The molecule has 2 heteroatoms. The smallest absolute Gasteiger partial charge is 0.119 e. The summed E-state index contributed by atoms with van der Waals surface area (Å²) < 4.78 is 5.70. The summed E-state index contributed by atoms with van der Waals surface area (Å²) in [7, 11) is 0. The summed E-state index contributed by atoms with van der Waals surface area (Å²) in [6, 6.07) is 16.3. The number of aryl methyl sites for hydroxylation is 2. The molecule has 0 saturated heterocycles. The monoisotopic (exact) mass is 241 g/mol. The molecular formula is C16H19NO. The molecule has 0 bridgehead atoms. The van der Waals surface area contributed by atoms with E-state index >= 15 is 0 Å². The van der Waals surface area contributed by atoms with Gasteiger partial charge in [0.1, 0.15) is 12.4 Å². The fraction of sp³-hybridized carbons (Fsp3) is 0.250. The van der Waals surface area contributed by atoms with Gasteiger partial charge in [0, 0.05) is 12.2 Å². The third kappa shape index (κ3) is 3.52. The summed E-state index contributed by atoms with van der Waals surface area (Å²) in [5, 5.41) is 3.32. The van der Waals surface area contributed by atoms with Crippen molar-refractivity contribution in [2.75, 3.05) is 18.5 Å². The summed E-state index contributed by atoms with van der Waals surface area (Å²) in [6.45, 7) is 5.68. The van der Waals surface area contributed by atoms with Crippen LogP contribution in [0.5, 0.6) is 5.75 Å². The Labute approximate surface area is 109 Å². The van der Waals surface area contributed by atoms with Gasteiger partial charge in [0.05, 0.1) is 0 Å². The van der Waals surface area contributed by atoms with Gasteiger partial charge in [-0.3, -0.25) is 0 Å². The number of para-hydroxylation sites is 1. The minimum atomic E-state index is 0.664. The SMILES string of the molecule is Cc1ccc(OCCNc2ccccc2)cc1C. The van der Waals surface area contributed by atoms with Crippen molar-refractivity contribution in [2.24, 2.45) is 0 Å². The van der Waals surface area contributed by atoms with Crippen LogP contribution in [0.1, 0.15) is 11.1 Å². The van der Waals surface area contributed by atoms with Crippen LogP contribution < -0.4 is 10.1 Å². The molecule has 0 amide bonds. The fourth-order valence-electron chi connectivity index (χ4n) is 1.72. The second-order valence-corrected chi connectivity index (χ2v) is 4.39. The summed E-state index contributed by atoms with van der Waals surface area (Å²) in [6.07, 6.45) is 0. The van der Waals surface area contributed by atoms with Crippen LogP contribution in [0.2, 0.25) is 0 Å². The van der Waals surface area contributed by atoms with E-state index in [2.05, 4.69) is 43.4 Å². The first kappa shape index (κ1) is 12.5. The van der Waals surface area contributed by atoms with E-state index < -0.39 is 0 Å². The van der Waals surface area contributed by atoms with Gasteiger partial charge in [0.15, 0.2) is 0 Å². The molecule has 2 aromatic carbocycles. The molecule has 0 heterocycles. The summed E-state index contributed by atoms with van der Waals surface area (Å²) in [5.74, 6) is 0.938. The van der Waals surface area contributed by atoms with E-state index in [0.29, 0.717) is 6.61 Å². The van der Waals surface area contributed by atoms with E-state index in [1.165, 1.54) is 11.1 Å². The van der Waals surface area contributed by atoms with Crippen LogP contribution in [0.25, 0.3) is 0 Å². The quantitative estimate of drug-likeness (QED) is 0.804. The molecule has 0 saturated carbocycles. The molecule has 0 spiro atoms. The van der Waals surface area contributed by atoms with E-state index in [1.54, 1.807) is 0 Å². The first-order valence-corrected chi connectivity index (χ1v) is 6.25. The second-order valence-electron chi connectivity index (χ2n) is 4.39. The van der Waals surface area contributed by atoms with Gasteiger partial charge in [-0.1, -0.05) is 24.3 Å². The standard InChI is InChI=1S/C16H19NO/c1-13-8-9-16(12-14(13)2)18-11-10-17-15-6-4-3-5-7-15/h3-9,12,17H,10-11H2,1-2H3. The maximum absolute atomic E-state index is 5.70. The van der Waals surface area contributed by atoms with Crippen molar-refractivity contribution >= 4 is 5.69 Å². The normalized spacial score (nSPS) is 10.1. The van der Waals surface area contributed by atoms with Gasteiger partial charge >= 0.3 is 0 Å². The van der Waals surface area contributed by atoms with Gasteiger partial charge in [-0.15, -0.1) is 0 Å². The lowest BCUT2D eigenvalue weighted by Crippen LogP contribution is -2.11. The van der Waals surface area contributed by atoms with Gasteiger partial charge in [-0.05, 0) is 49.2 Å². The molecule has 1 N–H and O–H groups in total. The number of hydrogen-bond donors (Lipinski definition) is 1. The largest absolute Gasteiger partial charge is 0.492 e. The number of ether oxygens (including phenoxy) is 1. The third-order valence-electron chi connectivity index (χ3n) is 2.95. The van der Waals surface area contributed by atoms with Gasteiger partial charge in [-0.25, -0.2) is 0 Å². The Hall–Kier alpha value is -1.96. The maximum Gasteiger partial charge on any atom is 0.119 e. The maximum atomic E-state index is 5.70. The number of rotatable bonds is 5. The zero-order valence-electron chi connectivity index (χ0n) is 10.9. The molecule has 2 nitrogen and oxygen atoms in total. The molecule has 0 radical (unpaired) electrons. The lowest BCUT2D eigenvalue weighted by Gasteiger charge is -2.09. The van der Waals surface area contributed by atoms with E-state index in [0.717, 1.165) is 18.0 Å². The predicted octanol–water partition coefficient (Wildman–Crippen LogP) is 3.79. The van der Waals surface area contributed by atoms with Crippen LogP contribution in [0.4, 0.5) is 5.69 Å². The highest BCUT2D eigenvalue weighted by atomic mass is 16.5. The van der Waals surface area contributed by atoms with Crippen LogP contribution in [0.15, 0.2) is 48.5 Å². The van der Waals surface area contributed by atoms with Crippen molar-refractivity contribution in [1.82, 2.24) is 0 Å². The van der Waals surface area contributed by atoms with Crippen molar-refractivity contribution < 1.29 is 4.74 Å². The van der Waals surface area contributed by atoms with Crippen molar-refractivity contribution in [1.29, 1.82) is 0 Å². The van der Waals surface area contributed by atoms with Crippen molar-refractivity contribution in [2.45, 2.75) is 13.8 Å². The number of hydrogen-bond acceptors (Lipinski definition) is 2. The first-order chi connectivity index (χ1) is 8.75. The van der Waals surface area contributed by atoms with Gasteiger partial charge in [0.2, 0.25) is 0 Å². The van der Waals surface area contributed by atoms with Crippen LogP contribution in [0, 0.1) is 13.8 Å². The minimum absolute atomic E-state index is 0.664. The van der Waals surface area contributed by atoms with Crippen LogP contribution >= 0.6 is 0 Å². The molecule has 2 aromatic rings. The van der Waals surface area contributed by atoms with Gasteiger partial charge in [0.25, 0.3) is 0 Å². The molecule has 0 unspecified atom stereocenters. The predicted molar refractivity (Wildman–Crippen MR) is 76.3 cm³/mol. The average molecular weight is 241 g/mol.